The maximum Gasteiger partial charge on any atom is 0.221 e. The van der Waals surface area contributed by atoms with E-state index in [-0.39, 0.29) is 11.8 Å². The van der Waals surface area contributed by atoms with Crippen molar-refractivity contribution in [2.75, 3.05) is 46.3 Å². The SMILES string of the molecule is CCCCCCCCCCCCCCNC(=O)CCN(CCCNC)CCC(=O)NCCCCCCCCCCCCCC. The highest BCUT2D eigenvalue weighted by Gasteiger charge is 2.11. The van der Waals surface area contributed by atoms with E-state index in [1.54, 1.807) is 0 Å². The van der Waals surface area contributed by atoms with Gasteiger partial charge in [0.05, 0.1) is 0 Å². The Morgan fingerprint density at radius 1 is 0.409 bits per heavy atom. The maximum absolute atomic E-state index is 12.4. The predicted molar refractivity (Wildman–Crippen MR) is 192 cm³/mol. The van der Waals surface area contributed by atoms with Gasteiger partial charge in [-0.2, -0.15) is 0 Å². The molecule has 0 aliphatic carbocycles. The molecule has 0 aromatic rings. The summed E-state index contributed by atoms with van der Waals surface area (Å²) in [6, 6.07) is 0. The number of nitrogens with one attached hydrogen (secondary N) is 3. The van der Waals surface area contributed by atoms with Gasteiger partial charge < -0.3 is 20.9 Å². The van der Waals surface area contributed by atoms with Gasteiger partial charge in [0, 0.05) is 39.0 Å². The van der Waals surface area contributed by atoms with Gasteiger partial charge in [-0.05, 0) is 39.4 Å². The minimum atomic E-state index is 0.142. The number of amides is 2. The summed E-state index contributed by atoms with van der Waals surface area (Å²) in [4.78, 5) is 27.2. The van der Waals surface area contributed by atoms with Crippen LogP contribution in [0, 0.1) is 0 Å². The number of rotatable bonds is 36. The van der Waals surface area contributed by atoms with Gasteiger partial charge in [0.25, 0.3) is 0 Å². The Morgan fingerprint density at radius 2 is 0.727 bits per heavy atom. The normalized spacial score (nSPS) is 11.4. The summed E-state index contributed by atoms with van der Waals surface area (Å²) in [5, 5.41) is 9.44. The molecule has 6 nitrogen and oxygen atoms in total. The zero-order valence-corrected chi connectivity index (χ0v) is 30.1. The van der Waals surface area contributed by atoms with Crippen LogP contribution in [0.2, 0.25) is 0 Å². The monoisotopic (exact) mass is 623 g/mol. The lowest BCUT2D eigenvalue weighted by atomic mass is 10.1. The highest BCUT2D eigenvalue weighted by Crippen LogP contribution is 2.13. The molecule has 0 aromatic heterocycles. The smallest absolute Gasteiger partial charge is 0.221 e. The standard InChI is InChI=1S/C38H78N4O2/c1-4-6-8-10-12-14-16-18-20-22-24-26-32-40-37(43)29-35-42(34-28-31-39-3)36-30-38(44)41-33-27-25-23-21-19-17-15-13-11-9-7-5-2/h39H,4-36H2,1-3H3,(H,40,43)(H,41,44). The van der Waals surface area contributed by atoms with Gasteiger partial charge in [-0.15, -0.1) is 0 Å². The molecule has 0 atom stereocenters. The first kappa shape index (κ1) is 42.9. The van der Waals surface area contributed by atoms with Crippen LogP contribution in [0.5, 0.6) is 0 Å². The molecule has 2 amide bonds. The van der Waals surface area contributed by atoms with Crippen molar-refractivity contribution in [3.05, 3.63) is 0 Å². The summed E-state index contributed by atoms with van der Waals surface area (Å²) in [5.41, 5.74) is 0. The Labute approximate surface area is 275 Å². The Balaban J connectivity index is 3.80. The van der Waals surface area contributed by atoms with Crippen molar-refractivity contribution in [2.45, 2.75) is 187 Å². The van der Waals surface area contributed by atoms with Gasteiger partial charge in [-0.1, -0.05) is 155 Å². The summed E-state index contributed by atoms with van der Waals surface area (Å²) in [6.07, 6.45) is 34.0. The van der Waals surface area contributed by atoms with E-state index in [9.17, 15) is 9.59 Å². The fraction of sp³-hybridized carbons (Fsp3) is 0.947. The number of hydrogen-bond donors (Lipinski definition) is 3. The molecule has 0 fully saturated rings. The van der Waals surface area contributed by atoms with Crippen LogP contribution in [0.3, 0.4) is 0 Å². The van der Waals surface area contributed by atoms with Crippen LogP contribution in [0.4, 0.5) is 0 Å². The molecule has 0 saturated heterocycles. The Morgan fingerprint density at radius 3 is 1.05 bits per heavy atom. The topological polar surface area (TPSA) is 73.5 Å². The van der Waals surface area contributed by atoms with Crippen molar-refractivity contribution in [1.82, 2.24) is 20.9 Å². The van der Waals surface area contributed by atoms with Gasteiger partial charge in [0.15, 0.2) is 0 Å². The second kappa shape index (κ2) is 36.3. The molecule has 0 radical (unpaired) electrons. The third-order valence-electron chi connectivity index (χ3n) is 8.92. The van der Waals surface area contributed by atoms with Crippen LogP contribution < -0.4 is 16.0 Å². The van der Waals surface area contributed by atoms with Crippen LogP contribution in [-0.4, -0.2) is 63.0 Å². The quantitative estimate of drug-likeness (QED) is 0.0609. The summed E-state index contributed by atoms with van der Waals surface area (Å²) < 4.78 is 0. The van der Waals surface area contributed by atoms with Crippen LogP contribution in [0.1, 0.15) is 187 Å². The highest BCUT2D eigenvalue weighted by atomic mass is 16.2. The molecular weight excluding hydrogens is 544 g/mol. The lowest BCUT2D eigenvalue weighted by Gasteiger charge is -2.22. The second-order valence-electron chi connectivity index (χ2n) is 13.3. The molecule has 6 heteroatoms. The minimum absolute atomic E-state index is 0.142. The van der Waals surface area contributed by atoms with Gasteiger partial charge in [-0.25, -0.2) is 0 Å². The van der Waals surface area contributed by atoms with E-state index in [0.29, 0.717) is 12.8 Å². The summed E-state index contributed by atoms with van der Waals surface area (Å²) >= 11 is 0. The van der Waals surface area contributed by atoms with Crippen molar-refractivity contribution >= 4 is 11.8 Å². The minimum Gasteiger partial charge on any atom is -0.356 e. The van der Waals surface area contributed by atoms with Crippen molar-refractivity contribution in [3.63, 3.8) is 0 Å². The van der Waals surface area contributed by atoms with Gasteiger partial charge >= 0.3 is 0 Å². The van der Waals surface area contributed by atoms with Crippen LogP contribution in [0.25, 0.3) is 0 Å². The van der Waals surface area contributed by atoms with Gasteiger partial charge in [-0.3, -0.25) is 9.59 Å². The van der Waals surface area contributed by atoms with Crippen LogP contribution in [0.15, 0.2) is 0 Å². The zero-order chi connectivity index (χ0) is 32.2. The predicted octanol–water partition coefficient (Wildman–Crippen LogP) is 9.31. The fourth-order valence-corrected chi connectivity index (χ4v) is 5.90. The molecule has 0 unspecified atom stereocenters. The molecule has 0 aliphatic rings. The molecular formula is C38H78N4O2. The molecule has 0 heterocycles. The lowest BCUT2D eigenvalue weighted by Crippen LogP contribution is -2.35. The highest BCUT2D eigenvalue weighted by molar-refractivity contribution is 5.76. The number of carbonyl (C=O) groups is 2. The lowest BCUT2D eigenvalue weighted by molar-refractivity contribution is -0.121. The largest absolute Gasteiger partial charge is 0.356 e. The van der Waals surface area contributed by atoms with E-state index < -0.39 is 0 Å². The van der Waals surface area contributed by atoms with Crippen molar-refractivity contribution in [1.29, 1.82) is 0 Å². The molecule has 0 bridgehead atoms. The molecule has 0 rings (SSSR count). The van der Waals surface area contributed by atoms with E-state index in [4.69, 9.17) is 0 Å². The third kappa shape index (κ3) is 33.7. The second-order valence-corrected chi connectivity index (χ2v) is 13.3. The van der Waals surface area contributed by atoms with E-state index >= 15 is 0 Å². The number of hydrogen-bond acceptors (Lipinski definition) is 4. The van der Waals surface area contributed by atoms with Crippen LogP contribution >= 0.6 is 0 Å². The Hall–Kier alpha value is -1.14. The average molecular weight is 623 g/mol. The molecule has 0 aliphatic heterocycles. The van der Waals surface area contributed by atoms with Crippen molar-refractivity contribution < 1.29 is 9.59 Å². The number of nitrogens with zero attached hydrogens (tertiary/aromatic N) is 1. The van der Waals surface area contributed by atoms with E-state index in [2.05, 4.69) is 34.7 Å². The van der Waals surface area contributed by atoms with Gasteiger partial charge in [0.2, 0.25) is 11.8 Å². The average Bonchev–Trinajstić information content (AvgIpc) is 3.02. The summed E-state index contributed by atoms with van der Waals surface area (Å²) in [5.74, 6) is 0.284. The molecule has 0 aromatic carbocycles. The molecule has 0 saturated carbocycles. The Bertz CT molecular complexity index is 555. The first-order valence-electron chi connectivity index (χ1n) is 19.5. The third-order valence-corrected chi connectivity index (χ3v) is 8.92. The van der Waals surface area contributed by atoms with E-state index in [0.717, 1.165) is 58.5 Å². The van der Waals surface area contributed by atoms with E-state index in [1.807, 2.05) is 7.05 Å². The molecule has 44 heavy (non-hydrogen) atoms. The number of carbonyl (C=O) groups excluding carboxylic acids is 2. The molecule has 0 spiro atoms. The van der Waals surface area contributed by atoms with E-state index in [1.165, 1.54) is 141 Å². The first-order valence-corrected chi connectivity index (χ1v) is 19.5. The summed E-state index contributed by atoms with van der Waals surface area (Å²) in [6.45, 7) is 9.44. The van der Waals surface area contributed by atoms with Crippen LogP contribution in [-0.2, 0) is 9.59 Å². The first-order chi connectivity index (χ1) is 21.6. The summed E-state index contributed by atoms with van der Waals surface area (Å²) in [7, 11) is 1.97. The zero-order valence-electron chi connectivity index (χ0n) is 30.1. The molecule has 3 N–H and O–H groups in total. The maximum atomic E-state index is 12.4. The van der Waals surface area contributed by atoms with Crippen molar-refractivity contribution in [2.24, 2.45) is 0 Å². The van der Waals surface area contributed by atoms with Crippen molar-refractivity contribution in [3.8, 4) is 0 Å². The molecule has 262 valence electrons. The van der Waals surface area contributed by atoms with Gasteiger partial charge in [0.1, 0.15) is 0 Å². The number of unbranched alkanes of at least 4 members (excludes halogenated alkanes) is 22. The fourth-order valence-electron chi connectivity index (χ4n) is 5.90. The Kier molecular flexibility index (Phi) is 35.4.